The first-order valence-corrected chi connectivity index (χ1v) is 6.79. The topological polar surface area (TPSA) is 50.4 Å². The molecule has 0 aromatic rings. The van der Waals surface area contributed by atoms with Crippen LogP contribution in [0.1, 0.15) is 44.9 Å². The molecule has 0 aromatic heterocycles. The van der Waals surface area contributed by atoms with Crippen molar-refractivity contribution in [2.45, 2.75) is 56.6 Å². The molecule has 2 aliphatic rings. The Morgan fingerprint density at radius 3 is 2.65 bits per heavy atom. The van der Waals surface area contributed by atoms with Gasteiger partial charge in [-0.3, -0.25) is 4.79 Å². The number of methoxy groups -OCH3 is 1. The van der Waals surface area contributed by atoms with E-state index in [1.54, 1.807) is 7.11 Å². The van der Waals surface area contributed by atoms with Gasteiger partial charge in [-0.05, 0) is 45.1 Å². The van der Waals surface area contributed by atoms with E-state index in [0.29, 0.717) is 6.42 Å². The fourth-order valence-electron chi connectivity index (χ4n) is 2.29. The minimum Gasteiger partial charge on any atom is -0.378 e. The first kappa shape index (κ1) is 12.8. The van der Waals surface area contributed by atoms with E-state index in [4.69, 9.17) is 4.74 Å². The smallest absolute Gasteiger partial charge is 0.222 e. The van der Waals surface area contributed by atoms with Crippen molar-refractivity contribution in [3.8, 4) is 0 Å². The lowest BCUT2D eigenvalue weighted by molar-refractivity contribution is -0.134. The maximum atomic E-state index is 11.7. The highest BCUT2D eigenvalue weighted by Crippen LogP contribution is 2.37. The van der Waals surface area contributed by atoms with Crippen molar-refractivity contribution in [2.24, 2.45) is 0 Å². The Balaban J connectivity index is 1.50. The quantitative estimate of drug-likeness (QED) is 0.627. The lowest BCUT2D eigenvalue weighted by Gasteiger charge is -2.39. The van der Waals surface area contributed by atoms with Crippen molar-refractivity contribution >= 4 is 5.91 Å². The third-order valence-electron chi connectivity index (χ3n) is 3.87. The van der Waals surface area contributed by atoms with Crippen LogP contribution in [0.5, 0.6) is 0 Å². The van der Waals surface area contributed by atoms with Crippen molar-refractivity contribution < 1.29 is 9.53 Å². The van der Waals surface area contributed by atoms with E-state index < -0.39 is 0 Å². The van der Waals surface area contributed by atoms with Gasteiger partial charge in [0.15, 0.2) is 0 Å². The summed E-state index contributed by atoms with van der Waals surface area (Å²) < 4.78 is 5.44. The number of nitrogens with one attached hydrogen (secondary N) is 2. The summed E-state index contributed by atoms with van der Waals surface area (Å²) in [4.78, 5) is 11.7. The summed E-state index contributed by atoms with van der Waals surface area (Å²) >= 11 is 0. The molecule has 0 saturated heterocycles. The lowest BCUT2D eigenvalue weighted by Crippen LogP contribution is -2.44. The van der Waals surface area contributed by atoms with Crippen LogP contribution in [-0.2, 0) is 9.53 Å². The van der Waals surface area contributed by atoms with Crippen LogP contribution in [0.2, 0.25) is 0 Å². The van der Waals surface area contributed by atoms with Gasteiger partial charge in [-0.2, -0.15) is 0 Å². The third-order valence-corrected chi connectivity index (χ3v) is 3.87. The molecular formula is C13H24N2O2. The van der Waals surface area contributed by atoms with Crippen molar-refractivity contribution in [1.82, 2.24) is 10.6 Å². The molecule has 0 bridgehead atoms. The third kappa shape index (κ3) is 3.96. The Bertz CT molecular complexity index is 255. The van der Waals surface area contributed by atoms with Gasteiger partial charge in [0.25, 0.3) is 0 Å². The van der Waals surface area contributed by atoms with Gasteiger partial charge in [0.2, 0.25) is 5.91 Å². The first-order chi connectivity index (χ1) is 8.24. The highest BCUT2D eigenvalue weighted by Gasteiger charge is 2.38. The molecule has 4 heteroatoms. The molecule has 0 aliphatic heterocycles. The SMILES string of the molecule is COC1(CC(=O)NCCCNC2CC2)CCC1. The second-order valence-electron chi connectivity index (χ2n) is 5.35. The molecule has 0 atom stereocenters. The van der Waals surface area contributed by atoms with E-state index in [2.05, 4.69) is 10.6 Å². The molecule has 98 valence electrons. The van der Waals surface area contributed by atoms with Crippen molar-refractivity contribution in [3.05, 3.63) is 0 Å². The second-order valence-corrected chi connectivity index (χ2v) is 5.35. The molecular weight excluding hydrogens is 216 g/mol. The van der Waals surface area contributed by atoms with E-state index >= 15 is 0 Å². The van der Waals surface area contributed by atoms with E-state index in [1.165, 1.54) is 19.3 Å². The first-order valence-electron chi connectivity index (χ1n) is 6.79. The summed E-state index contributed by atoms with van der Waals surface area (Å²) in [6, 6.07) is 0.762. The van der Waals surface area contributed by atoms with E-state index in [0.717, 1.165) is 38.4 Å². The number of hydrogen-bond donors (Lipinski definition) is 2. The van der Waals surface area contributed by atoms with E-state index in [-0.39, 0.29) is 11.5 Å². The molecule has 1 amide bonds. The largest absolute Gasteiger partial charge is 0.378 e. The molecule has 0 heterocycles. The Kier molecular flexibility index (Phi) is 4.40. The molecule has 2 N–H and O–H groups in total. The van der Waals surface area contributed by atoms with Crippen LogP contribution in [0.15, 0.2) is 0 Å². The van der Waals surface area contributed by atoms with Crippen LogP contribution in [0.25, 0.3) is 0 Å². The monoisotopic (exact) mass is 240 g/mol. The summed E-state index contributed by atoms with van der Waals surface area (Å²) in [5.41, 5.74) is -0.143. The zero-order valence-corrected chi connectivity index (χ0v) is 10.8. The molecule has 0 unspecified atom stereocenters. The predicted molar refractivity (Wildman–Crippen MR) is 66.9 cm³/mol. The number of carbonyl (C=O) groups is 1. The van der Waals surface area contributed by atoms with Crippen LogP contribution >= 0.6 is 0 Å². The van der Waals surface area contributed by atoms with Gasteiger partial charge in [-0.15, -0.1) is 0 Å². The van der Waals surface area contributed by atoms with Gasteiger partial charge in [0.05, 0.1) is 12.0 Å². The second kappa shape index (κ2) is 5.83. The van der Waals surface area contributed by atoms with Crippen LogP contribution < -0.4 is 10.6 Å². The fraction of sp³-hybridized carbons (Fsp3) is 0.923. The molecule has 2 fully saturated rings. The van der Waals surface area contributed by atoms with Crippen LogP contribution in [0.4, 0.5) is 0 Å². The summed E-state index contributed by atoms with van der Waals surface area (Å²) in [7, 11) is 1.71. The average molecular weight is 240 g/mol. The van der Waals surface area contributed by atoms with Crippen molar-refractivity contribution in [1.29, 1.82) is 0 Å². The molecule has 0 aromatic carbocycles. The average Bonchev–Trinajstić information content (AvgIpc) is 3.07. The van der Waals surface area contributed by atoms with Gasteiger partial charge in [-0.25, -0.2) is 0 Å². The molecule has 4 nitrogen and oxygen atoms in total. The molecule has 2 rings (SSSR count). The number of rotatable bonds is 8. The number of carbonyl (C=O) groups excluding carboxylic acids is 1. The Labute approximate surface area is 103 Å². The van der Waals surface area contributed by atoms with Gasteiger partial charge in [0, 0.05) is 19.7 Å². The summed E-state index contributed by atoms with van der Waals surface area (Å²) in [6.45, 7) is 1.79. The Morgan fingerprint density at radius 1 is 1.35 bits per heavy atom. The fourth-order valence-corrected chi connectivity index (χ4v) is 2.29. The standard InChI is InChI=1S/C13H24N2O2/c1-17-13(6-2-7-13)10-12(16)15-9-3-8-14-11-4-5-11/h11,14H,2-10H2,1H3,(H,15,16). The van der Waals surface area contributed by atoms with Crippen molar-refractivity contribution in [3.63, 3.8) is 0 Å². The molecule has 2 aliphatic carbocycles. The van der Waals surface area contributed by atoms with Crippen LogP contribution in [-0.4, -0.2) is 37.7 Å². The van der Waals surface area contributed by atoms with Crippen LogP contribution in [0.3, 0.4) is 0 Å². The molecule has 0 spiro atoms. The summed E-state index contributed by atoms with van der Waals surface area (Å²) in [5.74, 6) is 0.137. The maximum absolute atomic E-state index is 11.7. The van der Waals surface area contributed by atoms with E-state index in [9.17, 15) is 4.79 Å². The minimum absolute atomic E-state index is 0.137. The van der Waals surface area contributed by atoms with Gasteiger partial charge < -0.3 is 15.4 Å². The Hall–Kier alpha value is -0.610. The number of amides is 1. The number of hydrogen-bond acceptors (Lipinski definition) is 3. The van der Waals surface area contributed by atoms with Gasteiger partial charge in [-0.1, -0.05) is 0 Å². The van der Waals surface area contributed by atoms with Gasteiger partial charge >= 0.3 is 0 Å². The highest BCUT2D eigenvalue weighted by atomic mass is 16.5. The molecule has 2 saturated carbocycles. The van der Waals surface area contributed by atoms with Crippen LogP contribution in [0, 0.1) is 0 Å². The minimum atomic E-state index is -0.143. The molecule has 17 heavy (non-hydrogen) atoms. The van der Waals surface area contributed by atoms with E-state index in [1.807, 2.05) is 0 Å². The van der Waals surface area contributed by atoms with Crippen molar-refractivity contribution in [2.75, 3.05) is 20.2 Å². The summed E-state index contributed by atoms with van der Waals surface area (Å²) in [6.07, 6.45) is 7.43. The predicted octanol–water partition coefficient (Wildman–Crippen LogP) is 1.20. The molecule has 0 radical (unpaired) electrons. The lowest BCUT2D eigenvalue weighted by atomic mass is 9.77. The van der Waals surface area contributed by atoms with Gasteiger partial charge in [0.1, 0.15) is 0 Å². The maximum Gasteiger partial charge on any atom is 0.222 e. The summed E-state index contributed by atoms with van der Waals surface area (Å²) in [5, 5.41) is 6.41. The highest BCUT2D eigenvalue weighted by molar-refractivity contribution is 5.77. The zero-order valence-electron chi connectivity index (χ0n) is 10.8. The Morgan fingerprint density at radius 2 is 2.12 bits per heavy atom. The zero-order chi connectivity index (χ0) is 12.1. The number of ether oxygens (including phenoxy) is 1. The normalized spacial score (nSPS) is 21.9.